The first-order chi connectivity index (χ1) is 30.1. The molecule has 0 aliphatic heterocycles. The van der Waals surface area contributed by atoms with Gasteiger partial charge in [0.05, 0.1) is 11.6 Å². The molecule has 4 N–H and O–H groups in total. The van der Waals surface area contributed by atoms with Crippen molar-refractivity contribution >= 4 is 123 Å². The first-order valence-corrected chi connectivity index (χ1v) is 27.3. The van der Waals surface area contributed by atoms with Crippen LogP contribution in [0.1, 0.15) is 144 Å². The second kappa shape index (κ2) is 36.7. The number of rotatable bonds is 8. The summed E-state index contributed by atoms with van der Waals surface area (Å²) in [5.41, 5.74) is 15.8. The van der Waals surface area contributed by atoms with Gasteiger partial charge in [-0.05, 0) is 74.1 Å². The van der Waals surface area contributed by atoms with E-state index < -0.39 is 0 Å². The van der Waals surface area contributed by atoms with Crippen molar-refractivity contribution in [2.24, 2.45) is 25.6 Å². The number of nitrogens with two attached hydrogens (primary N) is 2. The van der Waals surface area contributed by atoms with Gasteiger partial charge in [-0.3, -0.25) is 13.8 Å². The van der Waals surface area contributed by atoms with Crippen molar-refractivity contribution in [3.63, 3.8) is 0 Å². The maximum absolute atomic E-state index is 8.83. The van der Waals surface area contributed by atoms with Crippen molar-refractivity contribution in [1.82, 2.24) is 29.5 Å². The standard InChI is InChI=1S/C16H22N4.C16H18N4.C7H6BrNS.C3H5I3.C3H6I.C3H7.2V/c2*1-20-16(14-5-3-2-4-6-14)18-15(19-20)13-9-7-12(11-17)8-10-13;8-6-3-1-5(2-4-6)7(9)10;1-2-3(4,5)6;1-2-3-4;1-3-2;;/h7-10,14H,2-6,11,17H2,1H3;7-10,14H,2-6H2,1H3;1-4H,(H2,9,10);2H2,1H3;3H,2H2,1H3;1,3H2,2H3;;/q;;;;2*-1;;. The quantitative estimate of drug-likeness (QED) is 0.0678. The van der Waals surface area contributed by atoms with Crippen molar-refractivity contribution in [1.29, 1.82) is 5.26 Å². The molecule has 9 nitrogen and oxygen atoms in total. The monoisotopic (exact) mass is 1490 g/mol. The van der Waals surface area contributed by atoms with Gasteiger partial charge in [-0.25, -0.2) is 9.97 Å². The maximum Gasteiger partial charge on any atom is 0.181 e. The van der Waals surface area contributed by atoms with Crippen molar-refractivity contribution in [3.05, 3.63) is 117 Å². The first kappa shape index (κ1) is 64.8. The summed E-state index contributed by atoms with van der Waals surface area (Å²) in [6.07, 6.45) is 16.3. The minimum Gasteiger partial charge on any atom is -0.389 e. The maximum atomic E-state index is 8.83. The van der Waals surface area contributed by atoms with Crippen LogP contribution in [0.3, 0.4) is 0 Å². The molecule has 17 heteroatoms. The Balaban J connectivity index is 0.000000848. The molecule has 3 aromatic carbocycles. The topological polar surface area (TPSA) is 137 Å². The molecule has 2 fully saturated rings. The summed E-state index contributed by atoms with van der Waals surface area (Å²) in [7, 11) is 3.98. The van der Waals surface area contributed by atoms with Gasteiger partial charge in [0.1, 0.15) is 16.1 Å². The van der Waals surface area contributed by atoms with E-state index >= 15 is 0 Å². The minimum atomic E-state index is 0. The number of benzene rings is 3. The van der Waals surface area contributed by atoms with Gasteiger partial charge in [-0.1, -0.05) is 192 Å². The number of halogens is 5. The molecular weight excluding hydrogens is 1420 g/mol. The largest absolute Gasteiger partial charge is 0.389 e. The van der Waals surface area contributed by atoms with E-state index in [1.807, 2.05) is 91.0 Å². The van der Waals surface area contributed by atoms with E-state index in [2.05, 4.69) is 160 Å². The number of nitriles is 1. The molecule has 0 spiro atoms. The van der Waals surface area contributed by atoms with E-state index in [1.54, 1.807) is 0 Å². The van der Waals surface area contributed by atoms with Crippen LogP contribution in [0.25, 0.3) is 22.8 Å². The fourth-order valence-electron chi connectivity index (χ4n) is 6.57. The molecule has 0 bridgehead atoms. The second-order valence-corrected chi connectivity index (χ2v) is 29.0. The third-order valence-electron chi connectivity index (χ3n) is 9.94. The average Bonchev–Trinajstić information content (AvgIpc) is 3.90. The van der Waals surface area contributed by atoms with Crippen LogP contribution in [0.5, 0.6) is 0 Å². The Morgan fingerprint density at radius 2 is 1.15 bits per heavy atom. The molecular formula is C48H64BrI4N9SV2-2. The van der Waals surface area contributed by atoms with Crippen LogP contribution >= 0.6 is 119 Å². The Bertz CT molecular complexity index is 2060. The number of nitrogens with zero attached hydrogens (tertiary/aromatic N) is 7. The molecule has 7 rings (SSSR count). The summed E-state index contributed by atoms with van der Waals surface area (Å²) < 4.78 is 7.46. The van der Waals surface area contributed by atoms with Gasteiger partial charge >= 0.3 is 0 Å². The van der Waals surface area contributed by atoms with Crippen LogP contribution in [0.2, 0.25) is 0 Å². The van der Waals surface area contributed by atoms with Crippen molar-refractivity contribution in [3.8, 4) is 28.8 Å². The van der Waals surface area contributed by atoms with Crippen molar-refractivity contribution in [2.75, 3.05) is 0 Å². The van der Waals surface area contributed by atoms with Crippen LogP contribution in [0, 0.1) is 22.7 Å². The predicted molar refractivity (Wildman–Crippen MR) is 307 cm³/mol. The summed E-state index contributed by atoms with van der Waals surface area (Å²) in [6.45, 7) is 10.4. The van der Waals surface area contributed by atoms with Gasteiger partial charge in [-0.2, -0.15) is 28.3 Å². The van der Waals surface area contributed by atoms with Crippen LogP contribution in [-0.2, 0) is 57.8 Å². The molecule has 2 aliphatic rings. The normalized spacial score (nSPS) is 13.3. The fraction of sp³-hybridized carbons (Fsp3) is 0.458. The average molecular weight is 1490 g/mol. The fourth-order valence-corrected chi connectivity index (χ4v) is 6.97. The van der Waals surface area contributed by atoms with E-state index in [0.29, 0.717) is 28.4 Å². The molecule has 0 amide bonds. The molecule has 5 aromatic rings. The number of aromatic nitrogens is 6. The van der Waals surface area contributed by atoms with E-state index in [9.17, 15) is 0 Å². The van der Waals surface area contributed by atoms with Crippen LogP contribution in [-0.4, -0.2) is 34.0 Å². The van der Waals surface area contributed by atoms with Crippen LogP contribution in [0.4, 0.5) is 0 Å². The SMILES string of the molecule is CCC(I)(I)I.CC[CH-]I.Cn1nc(-c2ccc(C#N)cc2)nc1C1CCCCC1.Cn1nc(-c2ccc(CN)cc2)nc1C1CCCCC1.NC(=S)c1ccc(Br)cc1.[CH2-]CC.[V].[V]. The smallest absolute Gasteiger partial charge is 0.181 e. The zero-order chi connectivity index (χ0) is 46.8. The van der Waals surface area contributed by atoms with Crippen LogP contribution in [0.15, 0.2) is 77.3 Å². The first-order valence-electron chi connectivity index (χ1n) is 21.6. The Morgan fingerprint density at radius 1 is 0.785 bits per heavy atom. The summed E-state index contributed by atoms with van der Waals surface area (Å²) in [6, 6.07) is 25.4. The molecule has 65 heavy (non-hydrogen) atoms. The Kier molecular flexibility index (Phi) is 36.7. The summed E-state index contributed by atoms with van der Waals surface area (Å²) in [5.74, 6) is 4.97. The van der Waals surface area contributed by atoms with Gasteiger partial charge in [0.15, 0.2) is 11.6 Å². The zero-order valence-electron chi connectivity index (χ0n) is 38.2. The van der Waals surface area contributed by atoms with Gasteiger partial charge < -0.3 is 41.0 Å². The number of thiocarbonyl (C=S) groups is 1. The van der Waals surface area contributed by atoms with Crippen molar-refractivity contribution < 1.29 is 37.1 Å². The van der Waals surface area contributed by atoms with Crippen molar-refractivity contribution in [2.45, 2.75) is 122 Å². The zero-order valence-corrected chi connectivity index (χ0v) is 52.1. The minimum absolute atomic E-state index is 0. The van der Waals surface area contributed by atoms with E-state index in [0.717, 1.165) is 56.4 Å². The molecule has 0 unspecified atom stereocenters. The third-order valence-corrected chi connectivity index (χ3v) is 13.9. The molecule has 0 saturated heterocycles. The van der Waals surface area contributed by atoms with E-state index in [4.69, 9.17) is 38.9 Å². The number of aryl methyl sites for hydroxylation is 2. The molecule has 2 radical (unpaired) electrons. The number of alkyl halides is 3. The molecule has 2 saturated carbocycles. The number of hydrogen-bond acceptors (Lipinski definition) is 7. The Labute approximate surface area is 482 Å². The van der Waals surface area contributed by atoms with Gasteiger partial charge in [0.2, 0.25) is 0 Å². The van der Waals surface area contributed by atoms with Gasteiger partial charge in [0, 0.05) is 90.8 Å². The molecule has 0 atom stereocenters. The van der Waals surface area contributed by atoms with E-state index in [1.165, 1.54) is 77.0 Å². The summed E-state index contributed by atoms with van der Waals surface area (Å²) >= 11 is 17.5. The molecule has 2 aliphatic carbocycles. The van der Waals surface area contributed by atoms with Gasteiger partial charge in [0.25, 0.3) is 0 Å². The van der Waals surface area contributed by atoms with Gasteiger partial charge in [-0.15, -0.1) is 0 Å². The predicted octanol–water partition coefficient (Wildman–Crippen LogP) is 15.0. The Morgan fingerprint density at radius 3 is 1.46 bits per heavy atom. The molecule has 2 aromatic heterocycles. The number of hydrogen-bond donors (Lipinski definition) is 2. The van der Waals surface area contributed by atoms with Crippen LogP contribution < -0.4 is 11.5 Å². The second-order valence-electron chi connectivity index (χ2n) is 15.0. The summed E-state index contributed by atoms with van der Waals surface area (Å²) in [5, 5.41) is 18.0. The summed E-state index contributed by atoms with van der Waals surface area (Å²) in [4.78, 5) is 9.95. The molecule has 354 valence electrons. The third kappa shape index (κ3) is 25.5. The Hall–Kier alpha value is -0.151. The van der Waals surface area contributed by atoms with E-state index in [-0.39, 0.29) is 37.1 Å². The molecule has 2 heterocycles.